The van der Waals surface area contributed by atoms with Crippen LogP contribution in [0, 0.1) is 0 Å². The van der Waals surface area contributed by atoms with Gasteiger partial charge in [0.2, 0.25) is 0 Å². The van der Waals surface area contributed by atoms with Crippen LogP contribution in [-0.4, -0.2) is 0 Å². The number of benzene rings is 9. The average molecular weight is 583 g/mol. The van der Waals surface area contributed by atoms with E-state index in [1.165, 1.54) is 87.6 Å². The molecule has 0 nitrogen and oxygen atoms in total. The van der Waals surface area contributed by atoms with E-state index in [0.717, 1.165) is 0 Å². The zero-order valence-electron chi connectivity index (χ0n) is 25.3. The van der Waals surface area contributed by atoms with Gasteiger partial charge in [-0.2, -0.15) is 0 Å². The molecule has 46 heavy (non-hydrogen) atoms. The van der Waals surface area contributed by atoms with Crippen LogP contribution in [0.4, 0.5) is 0 Å². The number of fused-ring (bicyclic) bond motifs is 4. The summed E-state index contributed by atoms with van der Waals surface area (Å²) in [5, 5.41) is 10.1. The molecule has 0 saturated heterocycles. The standard InChI is InChI=1S/C46H30/c1-3-21-37-31(13-1)15-11-27-39(37)33-17-9-19-35(29-33)45-41-23-5-7-25-43(41)46(44-26-8-6-24-42(44)45)36-20-10-18-34(30-36)40-28-12-16-32-14-2-4-22-38(32)40/h1-30H. The SMILES string of the molecule is c1cc(-c2cccc3ccccc23)cc(-c2c3ccccc3c(-c3cccc(-c4cccc5ccccc45)c3)c3ccccc23)c1. The molecule has 0 aliphatic carbocycles. The monoisotopic (exact) mass is 582 g/mol. The van der Waals surface area contributed by atoms with Crippen molar-refractivity contribution in [3.8, 4) is 44.5 Å². The van der Waals surface area contributed by atoms with Crippen molar-refractivity contribution in [1.29, 1.82) is 0 Å². The molecule has 0 heterocycles. The fourth-order valence-electron chi connectivity index (χ4n) is 7.39. The highest BCUT2D eigenvalue weighted by Crippen LogP contribution is 2.45. The molecule has 0 bridgehead atoms. The summed E-state index contributed by atoms with van der Waals surface area (Å²) in [6, 6.07) is 66.5. The van der Waals surface area contributed by atoms with Crippen molar-refractivity contribution in [2.75, 3.05) is 0 Å². The molecule has 0 N–H and O–H groups in total. The van der Waals surface area contributed by atoms with Crippen LogP contribution in [0.25, 0.3) is 87.6 Å². The number of rotatable bonds is 4. The highest BCUT2D eigenvalue weighted by atomic mass is 14.2. The van der Waals surface area contributed by atoms with E-state index in [9.17, 15) is 0 Å². The zero-order chi connectivity index (χ0) is 30.5. The van der Waals surface area contributed by atoms with Crippen LogP contribution < -0.4 is 0 Å². The van der Waals surface area contributed by atoms with E-state index in [2.05, 4.69) is 182 Å². The fraction of sp³-hybridized carbons (Fsp3) is 0. The number of hydrogen-bond donors (Lipinski definition) is 0. The van der Waals surface area contributed by atoms with E-state index in [4.69, 9.17) is 0 Å². The van der Waals surface area contributed by atoms with E-state index in [-0.39, 0.29) is 0 Å². The number of hydrogen-bond acceptors (Lipinski definition) is 0. The van der Waals surface area contributed by atoms with Gasteiger partial charge in [-0.1, -0.05) is 170 Å². The molecule has 0 radical (unpaired) electrons. The summed E-state index contributed by atoms with van der Waals surface area (Å²) in [4.78, 5) is 0. The normalized spacial score (nSPS) is 11.5. The van der Waals surface area contributed by atoms with Crippen molar-refractivity contribution in [2.24, 2.45) is 0 Å². The summed E-state index contributed by atoms with van der Waals surface area (Å²) < 4.78 is 0. The second-order valence-corrected chi connectivity index (χ2v) is 12.1. The third-order valence-corrected chi connectivity index (χ3v) is 9.44. The van der Waals surface area contributed by atoms with Crippen LogP contribution in [0.2, 0.25) is 0 Å². The molecule has 9 aromatic carbocycles. The third kappa shape index (κ3) is 4.30. The van der Waals surface area contributed by atoms with Gasteiger partial charge in [0.05, 0.1) is 0 Å². The molecule has 0 saturated carbocycles. The average Bonchev–Trinajstić information content (AvgIpc) is 3.13. The minimum absolute atomic E-state index is 1.23. The van der Waals surface area contributed by atoms with Crippen molar-refractivity contribution in [3.63, 3.8) is 0 Å². The first-order valence-corrected chi connectivity index (χ1v) is 15.9. The second kappa shape index (κ2) is 10.9. The highest BCUT2D eigenvalue weighted by Gasteiger charge is 2.18. The van der Waals surface area contributed by atoms with E-state index < -0.39 is 0 Å². The molecular weight excluding hydrogens is 553 g/mol. The fourth-order valence-corrected chi connectivity index (χ4v) is 7.39. The molecule has 0 amide bonds. The minimum atomic E-state index is 1.23. The first kappa shape index (κ1) is 26.4. The first-order valence-electron chi connectivity index (χ1n) is 15.9. The van der Waals surface area contributed by atoms with E-state index >= 15 is 0 Å². The molecule has 0 heteroatoms. The van der Waals surface area contributed by atoms with Gasteiger partial charge in [0.1, 0.15) is 0 Å². The van der Waals surface area contributed by atoms with E-state index in [0.29, 0.717) is 0 Å². The molecule has 0 unspecified atom stereocenters. The van der Waals surface area contributed by atoms with Gasteiger partial charge in [0.25, 0.3) is 0 Å². The van der Waals surface area contributed by atoms with Gasteiger partial charge >= 0.3 is 0 Å². The smallest absolute Gasteiger partial charge is 0.00262 e. The summed E-state index contributed by atoms with van der Waals surface area (Å²) in [6.07, 6.45) is 0. The predicted octanol–water partition coefficient (Wildman–Crippen LogP) is 13.0. The third-order valence-electron chi connectivity index (χ3n) is 9.44. The molecule has 0 aliphatic rings. The summed E-state index contributed by atoms with van der Waals surface area (Å²) in [7, 11) is 0. The van der Waals surface area contributed by atoms with E-state index in [1.807, 2.05) is 0 Å². The van der Waals surface area contributed by atoms with Crippen LogP contribution in [0.5, 0.6) is 0 Å². The van der Waals surface area contributed by atoms with Gasteiger partial charge in [-0.25, -0.2) is 0 Å². The van der Waals surface area contributed by atoms with E-state index in [1.54, 1.807) is 0 Å². The maximum absolute atomic E-state index is 2.37. The Labute approximate surface area is 268 Å². The zero-order valence-corrected chi connectivity index (χ0v) is 25.3. The lowest BCUT2D eigenvalue weighted by Crippen LogP contribution is -1.92. The van der Waals surface area contributed by atoms with Crippen molar-refractivity contribution in [2.45, 2.75) is 0 Å². The first-order chi connectivity index (χ1) is 22.8. The van der Waals surface area contributed by atoms with Crippen LogP contribution in [0.15, 0.2) is 182 Å². The Morgan fingerprint density at radius 1 is 0.217 bits per heavy atom. The molecule has 9 rings (SSSR count). The Balaban J connectivity index is 1.28. The maximum Gasteiger partial charge on any atom is -0.00262 e. The summed E-state index contributed by atoms with van der Waals surface area (Å²) in [5.74, 6) is 0. The van der Waals surface area contributed by atoms with Crippen LogP contribution in [0.3, 0.4) is 0 Å². The molecule has 0 spiro atoms. The predicted molar refractivity (Wildman–Crippen MR) is 198 cm³/mol. The Hall–Kier alpha value is -5.98. The molecule has 214 valence electrons. The van der Waals surface area contributed by atoms with Crippen LogP contribution in [-0.2, 0) is 0 Å². The molecule has 9 aromatic rings. The minimum Gasteiger partial charge on any atom is -0.0616 e. The van der Waals surface area contributed by atoms with Gasteiger partial charge in [-0.15, -0.1) is 0 Å². The Kier molecular flexibility index (Phi) is 6.25. The van der Waals surface area contributed by atoms with Crippen molar-refractivity contribution >= 4 is 43.1 Å². The lowest BCUT2D eigenvalue weighted by atomic mass is 9.84. The van der Waals surface area contributed by atoms with Crippen molar-refractivity contribution in [1.82, 2.24) is 0 Å². The lowest BCUT2D eigenvalue weighted by Gasteiger charge is -2.19. The molecule has 0 aromatic heterocycles. The molecule has 0 atom stereocenters. The molecule has 0 fully saturated rings. The Morgan fingerprint density at radius 3 is 0.935 bits per heavy atom. The van der Waals surface area contributed by atoms with Crippen molar-refractivity contribution < 1.29 is 0 Å². The Bertz CT molecular complexity index is 2340. The Morgan fingerprint density at radius 2 is 0.522 bits per heavy atom. The van der Waals surface area contributed by atoms with Gasteiger partial charge < -0.3 is 0 Å². The van der Waals surface area contributed by atoms with Gasteiger partial charge in [0, 0.05) is 0 Å². The maximum atomic E-state index is 2.37. The van der Waals surface area contributed by atoms with Gasteiger partial charge in [-0.05, 0) is 99.7 Å². The highest BCUT2D eigenvalue weighted by molar-refractivity contribution is 6.21. The summed E-state index contributed by atoms with van der Waals surface area (Å²) >= 11 is 0. The largest absolute Gasteiger partial charge is 0.0616 e. The quantitative estimate of drug-likeness (QED) is 0.181. The summed E-state index contributed by atoms with van der Waals surface area (Å²) in [6.45, 7) is 0. The molecule has 0 aliphatic heterocycles. The summed E-state index contributed by atoms with van der Waals surface area (Å²) in [5.41, 5.74) is 10.0. The van der Waals surface area contributed by atoms with Crippen molar-refractivity contribution in [3.05, 3.63) is 182 Å². The van der Waals surface area contributed by atoms with Gasteiger partial charge in [0.15, 0.2) is 0 Å². The van der Waals surface area contributed by atoms with Crippen LogP contribution >= 0.6 is 0 Å². The topological polar surface area (TPSA) is 0 Å². The lowest BCUT2D eigenvalue weighted by molar-refractivity contribution is 1.62. The second-order valence-electron chi connectivity index (χ2n) is 12.1. The van der Waals surface area contributed by atoms with Gasteiger partial charge in [-0.3, -0.25) is 0 Å². The van der Waals surface area contributed by atoms with Crippen LogP contribution in [0.1, 0.15) is 0 Å². The molecular formula is C46H30.